The zero-order valence-corrected chi connectivity index (χ0v) is 18.9. The third-order valence-electron chi connectivity index (χ3n) is 5.95. The van der Waals surface area contributed by atoms with Crippen molar-refractivity contribution in [2.45, 2.75) is 6.54 Å². The van der Waals surface area contributed by atoms with Crippen LogP contribution in [-0.2, 0) is 6.54 Å². The first-order valence-electron chi connectivity index (χ1n) is 10.8. The molecule has 0 spiro atoms. The van der Waals surface area contributed by atoms with E-state index in [1.54, 1.807) is 23.1 Å². The van der Waals surface area contributed by atoms with Crippen LogP contribution < -0.4 is 10.5 Å². The van der Waals surface area contributed by atoms with Crippen LogP contribution in [0.1, 0.15) is 21.7 Å². The van der Waals surface area contributed by atoms with Crippen molar-refractivity contribution in [3.05, 3.63) is 93.3 Å². The Kier molecular flexibility index (Phi) is 5.78. The Hall–Kier alpha value is -4.09. The van der Waals surface area contributed by atoms with Gasteiger partial charge in [-0.1, -0.05) is 41.9 Å². The van der Waals surface area contributed by atoms with E-state index in [0.717, 1.165) is 5.56 Å². The number of hydrogen-bond acceptors (Lipinski definition) is 6. The van der Waals surface area contributed by atoms with Gasteiger partial charge in [-0.15, -0.1) is 0 Å². The van der Waals surface area contributed by atoms with Gasteiger partial charge < -0.3 is 14.2 Å². The largest absolute Gasteiger partial charge is 0.459 e. The molecule has 0 saturated carbocycles. The zero-order valence-electron chi connectivity index (χ0n) is 18.1. The molecule has 5 rings (SSSR count). The number of nitriles is 1. The average molecular weight is 474 g/mol. The Morgan fingerprint density at radius 2 is 1.88 bits per heavy atom. The van der Waals surface area contributed by atoms with E-state index in [1.165, 1.54) is 17.0 Å². The van der Waals surface area contributed by atoms with Crippen LogP contribution in [0.5, 0.6) is 0 Å². The Bertz CT molecular complexity index is 1450. The lowest BCUT2D eigenvalue weighted by Gasteiger charge is -2.36. The fourth-order valence-corrected chi connectivity index (χ4v) is 4.48. The van der Waals surface area contributed by atoms with E-state index in [-0.39, 0.29) is 23.8 Å². The number of amides is 1. The molecule has 170 valence electrons. The second kappa shape index (κ2) is 9.04. The van der Waals surface area contributed by atoms with Gasteiger partial charge in [0.2, 0.25) is 0 Å². The molecule has 0 bridgehead atoms. The van der Waals surface area contributed by atoms with Crippen LogP contribution in [0.4, 0.5) is 5.69 Å². The molecule has 1 fully saturated rings. The Morgan fingerprint density at radius 3 is 2.56 bits per heavy atom. The number of halogens is 1. The van der Waals surface area contributed by atoms with E-state index < -0.39 is 5.56 Å². The average Bonchev–Trinajstić information content (AvgIpc) is 3.41. The lowest BCUT2D eigenvalue weighted by Crippen LogP contribution is -2.49. The molecule has 0 radical (unpaired) electrons. The normalized spacial score (nSPS) is 13.8. The van der Waals surface area contributed by atoms with Crippen LogP contribution in [0.25, 0.3) is 11.0 Å². The van der Waals surface area contributed by atoms with Gasteiger partial charge in [0.05, 0.1) is 23.5 Å². The first-order valence-corrected chi connectivity index (χ1v) is 11.2. The van der Waals surface area contributed by atoms with Crippen LogP contribution in [0.3, 0.4) is 0 Å². The molecular formula is C25H20ClN5O3. The van der Waals surface area contributed by atoms with Gasteiger partial charge in [0.1, 0.15) is 17.3 Å². The molecule has 34 heavy (non-hydrogen) atoms. The highest BCUT2D eigenvalue weighted by atomic mass is 35.5. The van der Waals surface area contributed by atoms with Crippen molar-refractivity contribution in [2.24, 2.45) is 0 Å². The molecule has 0 N–H and O–H groups in total. The maximum atomic E-state index is 13.5. The summed E-state index contributed by atoms with van der Waals surface area (Å²) in [4.78, 5) is 34.2. The third kappa shape index (κ3) is 3.91. The number of carbonyl (C=O) groups is 1. The Balaban J connectivity index is 1.55. The number of carbonyl (C=O) groups excluding carboxylic acids is 1. The number of benzene rings is 1. The smallest absolute Gasteiger partial charge is 0.289 e. The third-order valence-corrected chi connectivity index (χ3v) is 6.16. The number of rotatable bonds is 4. The summed E-state index contributed by atoms with van der Waals surface area (Å²) >= 11 is 6.28. The van der Waals surface area contributed by atoms with Crippen LogP contribution in [0, 0.1) is 11.3 Å². The van der Waals surface area contributed by atoms with Crippen LogP contribution >= 0.6 is 11.6 Å². The topological polar surface area (TPSA) is 95.4 Å². The summed E-state index contributed by atoms with van der Waals surface area (Å²) in [5, 5.41) is 11.0. The highest BCUT2D eigenvalue weighted by molar-refractivity contribution is 6.31. The number of nitrogens with zero attached hydrogens (tertiary/aromatic N) is 5. The lowest BCUT2D eigenvalue weighted by atomic mass is 10.1. The minimum Gasteiger partial charge on any atom is -0.459 e. The van der Waals surface area contributed by atoms with Crippen molar-refractivity contribution in [3.8, 4) is 6.07 Å². The SMILES string of the molecule is N#Cc1c(N2CCN(C(=O)c3ccco3)CC2)c2cc(Cl)cnc2n(Cc2ccccc2)c1=O. The van der Waals surface area contributed by atoms with Crippen molar-refractivity contribution in [2.75, 3.05) is 31.1 Å². The van der Waals surface area contributed by atoms with Crippen molar-refractivity contribution >= 4 is 34.2 Å². The number of fused-ring (bicyclic) bond motifs is 1. The molecule has 4 aromatic rings. The van der Waals surface area contributed by atoms with E-state index in [9.17, 15) is 14.9 Å². The van der Waals surface area contributed by atoms with Gasteiger partial charge in [0.25, 0.3) is 11.5 Å². The predicted octanol–water partition coefficient (Wildman–Crippen LogP) is 3.53. The molecule has 0 aliphatic carbocycles. The van der Waals surface area contributed by atoms with Gasteiger partial charge >= 0.3 is 0 Å². The molecule has 8 nitrogen and oxygen atoms in total. The summed E-state index contributed by atoms with van der Waals surface area (Å²) < 4.78 is 6.74. The maximum Gasteiger partial charge on any atom is 0.289 e. The quantitative estimate of drug-likeness (QED) is 0.450. The number of hydrogen-bond donors (Lipinski definition) is 0. The van der Waals surface area contributed by atoms with Gasteiger partial charge in [-0.05, 0) is 23.8 Å². The summed E-state index contributed by atoms with van der Waals surface area (Å²) in [5.41, 5.74) is 1.52. The molecule has 4 heterocycles. The van der Waals surface area contributed by atoms with Crippen molar-refractivity contribution in [3.63, 3.8) is 0 Å². The fourth-order valence-electron chi connectivity index (χ4n) is 4.32. The van der Waals surface area contributed by atoms with Crippen molar-refractivity contribution in [1.82, 2.24) is 14.5 Å². The van der Waals surface area contributed by atoms with Gasteiger partial charge in [0.15, 0.2) is 5.76 Å². The highest BCUT2D eigenvalue weighted by Crippen LogP contribution is 2.31. The number of piperazine rings is 1. The molecule has 3 aromatic heterocycles. The first-order chi connectivity index (χ1) is 16.6. The van der Waals surface area contributed by atoms with Gasteiger partial charge in [-0.2, -0.15) is 5.26 Å². The van der Waals surface area contributed by atoms with Gasteiger partial charge in [-0.25, -0.2) is 4.98 Å². The zero-order chi connectivity index (χ0) is 23.7. The summed E-state index contributed by atoms with van der Waals surface area (Å²) in [7, 11) is 0. The summed E-state index contributed by atoms with van der Waals surface area (Å²) in [5.74, 6) is 0.106. The lowest BCUT2D eigenvalue weighted by molar-refractivity contribution is 0.0715. The molecule has 1 amide bonds. The molecular weight excluding hydrogens is 454 g/mol. The minimum atomic E-state index is -0.405. The Labute approximate surface area is 200 Å². The summed E-state index contributed by atoms with van der Waals surface area (Å²) in [6.45, 7) is 2.03. The summed E-state index contributed by atoms with van der Waals surface area (Å²) in [6, 6.07) is 16.7. The molecule has 1 aliphatic rings. The molecule has 1 aliphatic heterocycles. The van der Waals surface area contributed by atoms with Crippen LogP contribution in [0.2, 0.25) is 5.02 Å². The molecule has 9 heteroatoms. The predicted molar refractivity (Wildman–Crippen MR) is 128 cm³/mol. The first kappa shape index (κ1) is 21.7. The number of furan rings is 1. The second-order valence-corrected chi connectivity index (χ2v) is 8.43. The van der Waals surface area contributed by atoms with E-state index in [0.29, 0.717) is 47.9 Å². The number of aromatic nitrogens is 2. The van der Waals surface area contributed by atoms with E-state index in [2.05, 4.69) is 11.1 Å². The maximum absolute atomic E-state index is 13.5. The molecule has 1 aromatic carbocycles. The molecule has 1 saturated heterocycles. The van der Waals surface area contributed by atoms with Crippen molar-refractivity contribution < 1.29 is 9.21 Å². The monoisotopic (exact) mass is 473 g/mol. The van der Waals surface area contributed by atoms with E-state index >= 15 is 0 Å². The Morgan fingerprint density at radius 1 is 1.12 bits per heavy atom. The number of pyridine rings is 2. The fraction of sp³-hybridized carbons (Fsp3) is 0.200. The summed E-state index contributed by atoms with van der Waals surface area (Å²) in [6.07, 6.45) is 2.97. The number of anilines is 1. The molecule has 0 atom stereocenters. The molecule has 0 unspecified atom stereocenters. The van der Waals surface area contributed by atoms with Gasteiger partial charge in [-0.3, -0.25) is 14.2 Å². The second-order valence-electron chi connectivity index (χ2n) is 7.99. The van der Waals surface area contributed by atoms with E-state index in [4.69, 9.17) is 16.0 Å². The van der Waals surface area contributed by atoms with Crippen LogP contribution in [0.15, 0.2) is 70.2 Å². The minimum absolute atomic E-state index is 0.0401. The van der Waals surface area contributed by atoms with Crippen LogP contribution in [-0.4, -0.2) is 46.5 Å². The van der Waals surface area contributed by atoms with Crippen molar-refractivity contribution in [1.29, 1.82) is 5.26 Å². The van der Waals surface area contributed by atoms with E-state index in [1.807, 2.05) is 35.2 Å². The standard InChI is InChI=1S/C25H20ClN5O3/c26-18-13-19-22(29-8-10-30(11-9-29)25(33)21-7-4-12-34-21)20(14-27)24(32)31(23(19)28-15-18)16-17-5-2-1-3-6-17/h1-7,12-13,15H,8-11,16H2. The highest BCUT2D eigenvalue weighted by Gasteiger charge is 2.28. The van der Waals surface area contributed by atoms with Gasteiger partial charge in [0, 0.05) is 37.8 Å².